The first kappa shape index (κ1) is 12.0. The lowest BCUT2D eigenvalue weighted by atomic mass is 10.2. The molecule has 1 saturated heterocycles. The molecule has 2 heterocycles. The molecule has 17 heavy (non-hydrogen) atoms. The summed E-state index contributed by atoms with van der Waals surface area (Å²) < 4.78 is 5.42. The van der Waals surface area contributed by atoms with Crippen LogP contribution in [0.5, 0.6) is 0 Å². The molecule has 0 aliphatic carbocycles. The van der Waals surface area contributed by atoms with Gasteiger partial charge < -0.3 is 10.5 Å². The maximum absolute atomic E-state index is 7.41. The third-order valence-electron chi connectivity index (χ3n) is 2.84. The summed E-state index contributed by atoms with van der Waals surface area (Å²) in [6.45, 7) is 5.06. The van der Waals surface area contributed by atoms with Gasteiger partial charge in [-0.05, 0) is 18.1 Å². The third kappa shape index (κ3) is 3.25. The summed E-state index contributed by atoms with van der Waals surface area (Å²) in [6, 6.07) is 2.13. The molecular weight excluding hydrogens is 216 g/mol. The van der Waals surface area contributed by atoms with Crippen LogP contribution in [-0.2, 0) is 11.3 Å². The number of pyridine rings is 1. The molecule has 1 fully saturated rings. The molecular formula is C12H18N4O. The van der Waals surface area contributed by atoms with Crippen LogP contribution in [-0.4, -0.2) is 41.5 Å². The van der Waals surface area contributed by atoms with E-state index >= 15 is 0 Å². The molecule has 0 amide bonds. The van der Waals surface area contributed by atoms with Gasteiger partial charge in [-0.2, -0.15) is 0 Å². The monoisotopic (exact) mass is 234 g/mol. The molecule has 0 aromatic carbocycles. The first-order chi connectivity index (χ1) is 8.15. The summed E-state index contributed by atoms with van der Waals surface area (Å²) in [5.41, 5.74) is 7.82. The lowest BCUT2D eigenvalue weighted by molar-refractivity contribution is 0.00232. The maximum atomic E-state index is 7.41. The SMILES string of the molecule is Cc1cncc(CN2CCOC(C(=N)N)C2)c1. The highest BCUT2D eigenvalue weighted by molar-refractivity contribution is 5.82. The summed E-state index contributed by atoms with van der Waals surface area (Å²) in [4.78, 5) is 6.42. The zero-order chi connectivity index (χ0) is 12.3. The van der Waals surface area contributed by atoms with E-state index in [0.717, 1.165) is 13.1 Å². The van der Waals surface area contributed by atoms with E-state index in [0.29, 0.717) is 13.2 Å². The fourth-order valence-corrected chi connectivity index (χ4v) is 2.00. The normalized spacial score (nSPS) is 21.4. The van der Waals surface area contributed by atoms with Gasteiger partial charge in [-0.25, -0.2) is 0 Å². The number of amidine groups is 1. The molecule has 0 saturated carbocycles. The van der Waals surface area contributed by atoms with Crippen molar-refractivity contribution in [3.05, 3.63) is 29.6 Å². The van der Waals surface area contributed by atoms with Crippen LogP contribution in [0.4, 0.5) is 0 Å². The van der Waals surface area contributed by atoms with Crippen LogP contribution in [0.2, 0.25) is 0 Å². The van der Waals surface area contributed by atoms with Crippen molar-refractivity contribution in [1.29, 1.82) is 5.41 Å². The number of nitrogens with zero attached hydrogens (tertiary/aromatic N) is 2. The van der Waals surface area contributed by atoms with Gasteiger partial charge in [0, 0.05) is 32.0 Å². The van der Waals surface area contributed by atoms with E-state index < -0.39 is 0 Å². The Hall–Kier alpha value is -1.46. The maximum Gasteiger partial charge on any atom is 0.127 e. The van der Waals surface area contributed by atoms with Crippen LogP contribution in [0.15, 0.2) is 18.5 Å². The average Bonchev–Trinajstić information content (AvgIpc) is 2.29. The van der Waals surface area contributed by atoms with Crippen molar-refractivity contribution in [2.75, 3.05) is 19.7 Å². The second-order valence-electron chi connectivity index (χ2n) is 4.42. The molecule has 92 valence electrons. The van der Waals surface area contributed by atoms with Crippen molar-refractivity contribution < 1.29 is 4.74 Å². The summed E-state index contributed by atoms with van der Waals surface area (Å²) >= 11 is 0. The Labute approximate surface area is 101 Å². The number of hydrogen-bond acceptors (Lipinski definition) is 4. The van der Waals surface area contributed by atoms with Gasteiger partial charge in [-0.3, -0.25) is 15.3 Å². The van der Waals surface area contributed by atoms with Gasteiger partial charge >= 0.3 is 0 Å². The van der Waals surface area contributed by atoms with E-state index in [2.05, 4.69) is 16.0 Å². The first-order valence-corrected chi connectivity index (χ1v) is 5.73. The van der Waals surface area contributed by atoms with Gasteiger partial charge in [0.15, 0.2) is 0 Å². The van der Waals surface area contributed by atoms with Gasteiger partial charge in [0.1, 0.15) is 11.9 Å². The minimum Gasteiger partial charge on any atom is -0.385 e. The second-order valence-corrected chi connectivity index (χ2v) is 4.42. The topological polar surface area (TPSA) is 75.2 Å². The van der Waals surface area contributed by atoms with Crippen LogP contribution in [0.25, 0.3) is 0 Å². The molecule has 1 aromatic rings. The number of aromatic nitrogens is 1. The zero-order valence-corrected chi connectivity index (χ0v) is 10.0. The molecule has 1 unspecified atom stereocenters. The van der Waals surface area contributed by atoms with Crippen molar-refractivity contribution in [1.82, 2.24) is 9.88 Å². The Kier molecular flexibility index (Phi) is 3.71. The Balaban J connectivity index is 1.97. The van der Waals surface area contributed by atoms with E-state index in [4.69, 9.17) is 15.9 Å². The zero-order valence-electron chi connectivity index (χ0n) is 10.0. The van der Waals surface area contributed by atoms with Gasteiger partial charge in [0.2, 0.25) is 0 Å². The molecule has 0 radical (unpaired) electrons. The van der Waals surface area contributed by atoms with E-state index in [-0.39, 0.29) is 11.9 Å². The van der Waals surface area contributed by atoms with Crippen molar-refractivity contribution in [2.24, 2.45) is 5.73 Å². The molecule has 3 N–H and O–H groups in total. The minimum absolute atomic E-state index is 0.108. The number of ether oxygens (including phenoxy) is 1. The number of nitrogens with two attached hydrogens (primary N) is 1. The van der Waals surface area contributed by atoms with Crippen LogP contribution in [0.3, 0.4) is 0 Å². The molecule has 1 aromatic heterocycles. The van der Waals surface area contributed by atoms with Crippen LogP contribution >= 0.6 is 0 Å². The van der Waals surface area contributed by atoms with Gasteiger partial charge in [-0.15, -0.1) is 0 Å². The molecule has 1 atom stereocenters. The first-order valence-electron chi connectivity index (χ1n) is 5.73. The van der Waals surface area contributed by atoms with Crippen LogP contribution < -0.4 is 5.73 Å². The third-order valence-corrected chi connectivity index (χ3v) is 2.84. The number of morpholine rings is 1. The van der Waals surface area contributed by atoms with Crippen molar-refractivity contribution in [3.8, 4) is 0 Å². The molecule has 1 aliphatic heterocycles. The molecule has 1 aliphatic rings. The van der Waals surface area contributed by atoms with Crippen molar-refractivity contribution >= 4 is 5.84 Å². The van der Waals surface area contributed by atoms with Crippen molar-refractivity contribution in [3.63, 3.8) is 0 Å². The van der Waals surface area contributed by atoms with Crippen LogP contribution in [0.1, 0.15) is 11.1 Å². The summed E-state index contributed by atoms with van der Waals surface area (Å²) in [5.74, 6) is 0.108. The highest BCUT2D eigenvalue weighted by Crippen LogP contribution is 2.10. The van der Waals surface area contributed by atoms with E-state index in [1.807, 2.05) is 19.3 Å². The van der Waals surface area contributed by atoms with Gasteiger partial charge in [-0.1, -0.05) is 6.07 Å². The standard InChI is InChI=1S/C12H18N4O/c1-9-4-10(6-15-5-9)7-16-2-3-17-11(8-16)12(13)14/h4-6,11H,2-3,7-8H2,1H3,(H3,13,14). The fraction of sp³-hybridized carbons (Fsp3) is 0.500. The summed E-state index contributed by atoms with van der Waals surface area (Å²) in [5, 5.41) is 7.41. The average molecular weight is 234 g/mol. The predicted molar refractivity (Wildman–Crippen MR) is 65.9 cm³/mol. The Morgan fingerprint density at radius 2 is 2.47 bits per heavy atom. The number of aryl methyl sites for hydroxylation is 1. The Bertz CT molecular complexity index is 407. The Morgan fingerprint density at radius 3 is 3.18 bits per heavy atom. The van der Waals surface area contributed by atoms with E-state index in [9.17, 15) is 0 Å². The summed E-state index contributed by atoms with van der Waals surface area (Å²) in [6.07, 6.45) is 3.47. The van der Waals surface area contributed by atoms with Gasteiger partial charge in [0.05, 0.1) is 6.61 Å². The summed E-state index contributed by atoms with van der Waals surface area (Å²) in [7, 11) is 0. The number of hydrogen-bond donors (Lipinski definition) is 2. The fourth-order valence-electron chi connectivity index (χ4n) is 2.00. The largest absolute Gasteiger partial charge is 0.385 e. The second kappa shape index (κ2) is 5.25. The minimum atomic E-state index is -0.262. The quantitative estimate of drug-likeness (QED) is 0.591. The van der Waals surface area contributed by atoms with E-state index in [1.165, 1.54) is 11.1 Å². The van der Waals surface area contributed by atoms with Gasteiger partial charge in [0.25, 0.3) is 0 Å². The molecule has 0 bridgehead atoms. The molecule has 0 spiro atoms. The highest BCUT2D eigenvalue weighted by atomic mass is 16.5. The van der Waals surface area contributed by atoms with Crippen molar-refractivity contribution in [2.45, 2.75) is 19.6 Å². The Morgan fingerprint density at radius 1 is 1.65 bits per heavy atom. The lowest BCUT2D eigenvalue weighted by Gasteiger charge is -2.32. The highest BCUT2D eigenvalue weighted by Gasteiger charge is 2.22. The van der Waals surface area contributed by atoms with E-state index in [1.54, 1.807) is 0 Å². The van der Waals surface area contributed by atoms with Crippen LogP contribution in [0, 0.1) is 12.3 Å². The number of rotatable bonds is 3. The molecule has 2 rings (SSSR count). The molecule has 5 heteroatoms. The smallest absolute Gasteiger partial charge is 0.127 e. The molecule has 5 nitrogen and oxygen atoms in total. The number of nitrogens with one attached hydrogen (secondary N) is 1. The predicted octanol–water partition coefficient (Wildman–Crippen LogP) is 0.527. The lowest BCUT2D eigenvalue weighted by Crippen LogP contribution is -2.47.